The average Bonchev–Trinajstić information content (AvgIpc) is 1.37. The lowest BCUT2D eigenvalue weighted by atomic mass is 10.6. The predicted molar refractivity (Wildman–Crippen MR) is 45.5 cm³/mol. The van der Waals surface area contributed by atoms with Crippen LogP contribution in [0.5, 0.6) is 0 Å². The van der Waals surface area contributed by atoms with Crippen LogP contribution in [0.2, 0.25) is 0 Å². The SMILES string of the molecule is Br.Br.CCCP. The smallest absolute Gasteiger partial charge is 0.0384 e. The molecule has 6 heavy (non-hydrogen) atoms. The van der Waals surface area contributed by atoms with E-state index < -0.39 is 0 Å². The minimum Gasteiger partial charge on any atom is -0.138 e. The number of rotatable bonds is 1. The van der Waals surface area contributed by atoms with Crippen molar-refractivity contribution in [2.24, 2.45) is 0 Å². The zero-order valence-corrected chi connectivity index (χ0v) is 8.39. The van der Waals surface area contributed by atoms with Gasteiger partial charge in [-0.3, -0.25) is 0 Å². The van der Waals surface area contributed by atoms with Crippen molar-refractivity contribution in [3.63, 3.8) is 0 Å². The summed E-state index contributed by atoms with van der Waals surface area (Å²) in [5, 5.41) is 0. The summed E-state index contributed by atoms with van der Waals surface area (Å²) in [7, 11) is 2.66. The maximum absolute atomic E-state index is 2.66. The van der Waals surface area contributed by atoms with Crippen LogP contribution in [-0.2, 0) is 0 Å². The highest BCUT2D eigenvalue weighted by molar-refractivity contribution is 8.93. The maximum atomic E-state index is 2.66. The Balaban J connectivity index is -0.0000000450. The molecule has 0 nitrogen and oxygen atoms in total. The van der Waals surface area contributed by atoms with Crippen molar-refractivity contribution < 1.29 is 0 Å². The van der Waals surface area contributed by atoms with Crippen LogP contribution >= 0.6 is 43.2 Å². The standard InChI is InChI=1S/C3H9P.2BrH/c1-2-3-4;;/h2-4H2,1H3;2*1H. The molecule has 0 aromatic carbocycles. The highest BCUT2D eigenvalue weighted by Crippen LogP contribution is 1.80. The molecule has 0 fully saturated rings. The second kappa shape index (κ2) is 16.2. The number of hydrogen-bond donors (Lipinski definition) is 0. The first-order chi connectivity index (χ1) is 1.91. The van der Waals surface area contributed by atoms with Crippen molar-refractivity contribution in [1.29, 1.82) is 0 Å². The molecule has 0 heterocycles. The maximum Gasteiger partial charge on any atom is -0.0384 e. The summed E-state index contributed by atoms with van der Waals surface area (Å²) in [5.74, 6) is 0. The van der Waals surface area contributed by atoms with E-state index in [0.29, 0.717) is 0 Å². The van der Waals surface area contributed by atoms with Crippen molar-refractivity contribution in [3.05, 3.63) is 0 Å². The van der Waals surface area contributed by atoms with Crippen molar-refractivity contribution >= 4 is 43.2 Å². The van der Waals surface area contributed by atoms with Gasteiger partial charge in [0.05, 0.1) is 0 Å². The molecule has 0 aromatic heterocycles. The van der Waals surface area contributed by atoms with Gasteiger partial charge in [-0.25, -0.2) is 0 Å². The number of halogens is 2. The van der Waals surface area contributed by atoms with Crippen LogP contribution in [0.15, 0.2) is 0 Å². The molecule has 0 aliphatic rings. The van der Waals surface area contributed by atoms with E-state index in [1.807, 2.05) is 0 Å². The van der Waals surface area contributed by atoms with Gasteiger partial charge in [-0.2, -0.15) is 0 Å². The molecule has 1 unspecified atom stereocenters. The third-order valence-electron chi connectivity index (χ3n) is 0.289. The molecule has 0 radical (unpaired) electrons. The summed E-state index contributed by atoms with van der Waals surface area (Å²) >= 11 is 0. The molecule has 0 aliphatic carbocycles. The highest BCUT2D eigenvalue weighted by Gasteiger charge is 1.56. The zero-order chi connectivity index (χ0) is 3.41. The zero-order valence-electron chi connectivity index (χ0n) is 3.81. The van der Waals surface area contributed by atoms with Gasteiger partial charge in [0.25, 0.3) is 0 Å². The Bertz CT molecular complexity index is 10.8. The lowest BCUT2D eigenvalue weighted by molar-refractivity contribution is 1.11. The summed E-state index contributed by atoms with van der Waals surface area (Å²) in [6.45, 7) is 2.16. The van der Waals surface area contributed by atoms with E-state index in [0.717, 1.165) is 0 Å². The largest absolute Gasteiger partial charge is 0.138 e. The van der Waals surface area contributed by atoms with Gasteiger partial charge in [0.1, 0.15) is 0 Å². The Hall–Kier alpha value is 1.39. The van der Waals surface area contributed by atoms with Gasteiger partial charge in [-0.05, 0) is 6.16 Å². The van der Waals surface area contributed by atoms with Crippen LogP contribution in [-0.4, -0.2) is 6.16 Å². The quantitative estimate of drug-likeness (QED) is 0.615. The van der Waals surface area contributed by atoms with Crippen molar-refractivity contribution in [2.45, 2.75) is 13.3 Å². The molecule has 0 N–H and O–H groups in total. The minimum atomic E-state index is 0. The first-order valence-corrected chi connectivity index (χ1v) is 2.43. The molecule has 3 heteroatoms. The first kappa shape index (κ1) is 15.7. The molecular formula is C3H11Br2P. The van der Waals surface area contributed by atoms with Crippen LogP contribution in [0.1, 0.15) is 13.3 Å². The lowest BCUT2D eigenvalue weighted by Gasteiger charge is -1.68. The monoisotopic (exact) mass is 236 g/mol. The Labute approximate surface area is 62.8 Å². The molecule has 0 saturated carbocycles. The molecule has 0 aromatic rings. The second-order valence-electron chi connectivity index (χ2n) is 0.789. The highest BCUT2D eigenvalue weighted by atomic mass is 79.9. The Morgan fingerprint density at radius 2 is 1.50 bits per heavy atom. The first-order valence-electron chi connectivity index (χ1n) is 1.62. The van der Waals surface area contributed by atoms with E-state index in [1.165, 1.54) is 12.6 Å². The predicted octanol–water partition coefficient (Wildman–Crippen LogP) is 2.43. The van der Waals surface area contributed by atoms with E-state index in [-0.39, 0.29) is 34.0 Å². The summed E-state index contributed by atoms with van der Waals surface area (Å²) in [6.07, 6.45) is 2.52. The summed E-state index contributed by atoms with van der Waals surface area (Å²) in [6, 6.07) is 0. The molecule has 0 amide bonds. The Kier molecular flexibility index (Phi) is 42.2. The van der Waals surface area contributed by atoms with Gasteiger partial charge in [0.15, 0.2) is 0 Å². The topological polar surface area (TPSA) is 0 Å². The fraction of sp³-hybridized carbons (Fsp3) is 1.00. The van der Waals surface area contributed by atoms with Gasteiger partial charge in [0.2, 0.25) is 0 Å². The van der Waals surface area contributed by atoms with E-state index >= 15 is 0 Å². The van der Waals surface area contributed by atoms with Crippen molar-refractivity contribution in [1.82, 2.24) is 0 Å². The van der Waals surface area contributed by atoms with Crippen molar-refractivity contribution in [3.8, 4) is 0 Å². The van der Waals surface area contributed by atoms with Crippen molar-refractivity contribution in [2.75, 3.05) is 6.16 Å². The average molecular weight is 238 g/mol. The van der Waals surface area contributed by atoms with Gasteiger partial charge in [0, 0.05) is 0 Å². The minimum absolute atomic E-state index is 0. The van der Waals surface area contributed by atoms with Gasteiger partial charge in [-0.15, -0.1) is 43.2 Å². The summed E-state index contributed by atoms with van der Waals surface area (Å²) in [5.41, 5.74) is 0. The van der Waals surface area contributed by atoms with Gasteiger partial charge < -0.3 is 0 Å². The van der Waals surface area contributed by atoms with E-state index in [2.05, 4.69) is 16.2 Å². The molecule has 0 spiro atoms. The third kappa shape index (κ3) is 18.2. The fourth-order valence-electron chi connectivity index (χ4n) is 0. The van der Waals surface area contributed by atoms with E-state index in [4.69, 9.17) is 0 Å². The van der Waals surface area contributed by atoms with E-state index in [9.17, 15) is 0 Å². The summed E-state index contributed by atoms with van der Waals surface area (Å²) in [4.78, 5) is 0. The molecule has 0 bridgehead atoms. The van der Waals surface area contributed by atoms with Crippen LogP contribution in [0.25, 0.3) is 0 Å². The Morgan fingerprint density at radius 3 is 1.50 bits per heavy atom. The Morgan fingerprint density at radius 1 is 1.33 bits per heavy atom. The van der Waals surface area contributed by atoms with Crippen LogP contribution < -0.4 is 0 Å². The van der Waals surface area contributed by atoms with Crippen LogP contribution in [0.3, 0.4) is 0 Å². The molecule has 42 valence electrons. The molecule has 1 atom stereocenters. The normalized spacial score (nSPS) is 5.00. The number of hydrogen-bond acceptors (Lipinski definition) is 0. The van der Waals surface area contributed by atoms with Crippen LogP contribution in [0, 0.1) is 0 Å². The van der Waals surface area contributed by atoms with Gasteiger partial charge >= 0.3 is 0 Å². The fourth-order valence-corrected chi connectivity index (χ4v) is 0. The third-order valence-corrected chi connectivity index (χ3v) is 0.866. The summed E-state index contributed by atoms with van der Waals surface area (Å²) < 4.78 is 0. The lowest BCUT2D eigenvalue weighted by Crippen LogP contribution is -1.54. The van der Waals surface area contributed by atoms with Crippen LogP contribution in [0.4, 0.5) is 0 Å². The molecule has 0 saturated heterocycles. The van der Waals surface area contributed by atoms with Gasteiger partial charge in [-0.1, -0.05) is 13.3 Å². The second-order valence-corrected chi connectivity index (χ2v) is 1.37. The molecule has 0 rings (SSSR count). The molecular weight excluding hydrogens is 227 g/mol. The molecule has 0 aliphatic heterocycles. The van der Waals surface area contributed by atoms with E-state index in [1.54, 1.807) is 0 Å².